The number of nitrogens with two attached hydrogens (primary N) is 1. The van der Waals surface area contributed by atoms with Crippen LogP contribution in [0, 0.1) is 0 Å². The molecule has 2 rings (SSSR count). The van der Waals surface area contributed by atoms with Crippen LogP contribution in [0.5, 0.6) is 0 Å². The van der Waals surface area contributed by atoms with E-state index in [9.17, 15) is 0 Å². The van der Waals surface area contributed by atoms with E-state index in [0.717, 1.165) is 18.6 Å². The summed E-state index contributed by atoms with van der Waals surface area (Å²) in [7, 11) is 1.50. The van der Waals surface area contributed by atoms with Gasteiger partial charge in [-0.15, -0.1) is 0 Å². The molecule has 2 nitrogen and oxygen atoms in total. The largest absolute Gasteiger partial charge is 0.333 e. The quantitative estimate of drug-likeness (QED) is 0.548. The second kappa shape index (κ2) is 9.83. The summed E-state index contributed by atoms with van der Waals surface area (Å²) in [6, 6.07) is 10.4. The van der Waals surface area contributed by atoms with Gasteiger partial charge in [-0.1, -0.05) is 0 Å². The Balaban J connectivity index is 0.000000956. The topological polar surface area (TPSA) is 38.4 Å². The third-order valence-corrected chi connectivity index (χ3v) is 4.12. The van der Waals surface area contributed by atoms with Crippen molar-refractivity contribution < 1.29 is 0 Å². The SMILES string of the molecule is CC1=CCCC=C1C(/C=C/c1ccccc1)=[N]/[Tl].CN. The Bertz CT molecular complexity index is 525. The van der Waals surface area contributed by atoms with Gasteiger partial charge in [-0.25, -0.2) is 0 Å². The van der Waals surface area contributed by atoms with Crippen LogP contribution in [0.2, 0.25) is 0 Å². The molecule has 0 radical (unpaired) electrons. The fourth-order valence-electron chi connectivity index (χ4n) is 2.05. The van der Waals surface area contributed by atoms with E-state index in [4.69, 9.17) is 0 Å². The predicted octanol–water partition coefficient (Wildman–Crippen LogP) is 3.47. The first-order valence-corrected chi connectivity index (χ1v) is 8.78. The number of hydrogen-bond acceptors (Lipinski definition) is 2. The van der Waals surface area contributed by atoms with E-state index in [0.29, 0.717) is 26.1 Å². The summed E-state index contributed by atoms with van der Waals surface area (Å²) in [6.45, 7) is 2.18. The molecule has 20 heavy (non-hydrogen) atoms. The molecular weight excluding hydrogens is 437 g/mol. The van der Waals surface area contributed by atoms with E-state index in [-0.39, 0.29) is 0 Å². The van der Waals surface area contributed by atoms with Gasteiger partial charge in [-0.05, 0) is 7.05 Å². The summed E-state index contributed by atoms with van der Waals surface area (Å²) in [4.78, 5) is 0. The van der Waals surface area contributed by atoms with Crippen molar-refractivity contribution in [3.63, 3.8) is 0 Å². The zero-order chi connectivity index (χ0) is 14.8. The second-order valence-corrected chi connectivity index (χ2v) is 5.34. The smallest absolute Gasteiger partial charge is 0.0195 e. The van der Waals surface area contributed by atoms with Gasteiger partial charge in [0.15, 0.2) is 0 Å². The third kappa shape index (κ3) is 5.17. The van der Waals surface area contributed by atoms with Crippen molar-refractivity contribution >= 4 is 37.9 Å². The first-order valence-electron chi connectivity index (χ1n) is 6.77. The van der Waals surface area contributed by atoms with Crippen LogP contribution in [0.3, 0.4) is 0 Å². The number of hydrogen-bond donors (Lipinski definition) is 1. The molecule has 0 aromatic heterocycles. The molecule has 1 aliphatic carbocycles. The molecule has 0 fully saturated rings. The van der Waals surface area contributed by atoms with Gasteiger partial charge in [0, 0.05) is 0 Å². The molecule has 2 N–H and O–H groups in total. The molecule has 0 heterocycles. The van der Waals surface area contributed by atoms with E-state index in [2.05, 4.69) is 64.0 Å². The predicted molar refractivity (Wildman–Crippen MR) is 89.9 cm³/mol. The Hall–Kier alpha value is -1.01. The standard InChI is InChI=1S/C16H16N.CH5N.Tl/c1-13-7-5-6-10-15(13)16(17)12-11-14-8-3-2-4-9-14;1-2;/h2-4,7-12H,5-6H2,1H3;2H2,1H3;/q-1;;+1/b12-11+;;. The van der Waals surface area contributed by atoms with Crippen molar-refractivity contribution in [2.45, 2.75) is 19.8 Å². The maximum atomic E-state index is 4.56. The minimum Gasteiger partial charge on any atom is -0.333 e. The molecule has 3 heteroatoms. The summed E-state index contributed by atoms with van der Waals surface area (Å²) >= 11 is 0.640. The normalized spacial score (nSPS) is 15.2. The van der Waals surface area contributed by atoms with Crippen LogP contribution in [0.4, 0.5) is 0 Å². The van der Waals surface area contributed by atoms with Gasteiger partial charge in [-0.3, -0.25) is 0 Å². The molecule has 0 unspecified atom stereocenters. The molecule has 0 bridgehead atoms. The summed E-state index contributed by atoms with van der Waals surface area (Å²) in [5, 5.41) is 0. The summed E-state index contributed by atoms with van der Waals surface area (Å²) in [5.74, 6) is 0. The molecule has 0 spiro atoms. The van der Waals surface area contributed by atoms with Crippen molar-refractivity contribution in [3.8, 4) is 0 Å². The molecule has 0 amide bonds. The molecular formula is C17H21N2Tl. The Kier molecular flexibility index (Phi) is 8.37. The van der Waals surface area contributed by atoms with Gasteiger partial charge in [0.05, 0.1) is 0 Å². The molecule has 102 valence electrons. The second-order valence-electron chi connectivity index (χ2n) is 4.34. The van der Waals surface area contributed by atoms with Gasteiger partial charge in [0.1, 0.15) is 0 Å². The van der Waals surface area contributed by atoms with Crippen LogP contribution in [0.1, 0.15) is 25.3 Å². The molecule has 0 aliphatic heterocycles. The maximum absolute atomic E-state index is 4.56. The van der Waals surface area contributed by atoms with Crippen LogP contribution in [0.15, 0.2) is 62.5 Å². The summed E-state index contributed by atoms with van der Waals surface area (Å²) < 4.78 is 4.56. The Morgan fingerprint density at radius 1 is 1.15 bits per heavy atom. The molecule has 1 aromatic rings. The maximum Gasteiger partial charge on any atom is -0.0195 e. The van der Waals surface area contributed by atoms with Crippen molar-refractivity contribution in [3.05, 3.63) is 65.3 Å². The van der Waals surface area contributed by atoms with Crippen LogP contribution in [0.25, 0.3) is 6.08 Å². The zero-order valence-electron chi connectivity index (χ0n) is 12.2. The van der Waals surface area contributed by atoms with Crippen LogP contribution in [-0.2, 0) is 0 Å². The number of benzene rings is 1. The number of allylic oxidation sites excluding steroid dienone is 5. The average molecular weight is 458 g/mol. The molecule has 0 atom stereocenters. The number of nitrogens with zero attached hydrogens (tertiary/aromatic N) is 1. The zero-order valence-corrected chi connectivity index (χ0v) is 16.7. The van der Waals surface area contributed by atoms with E-state index >= 15 is 0 Å². The molecule has 1 aliphatic rings. The van der Waals surface area contributed by atoms with Crippen LogP contribution >= 0.6 is 0 Å². The Morgan fingerprint density at radius 3 is 2.40 bits per heavy atom. The summed E-state index contributed by atoms with van der Waals surface area (Å²) in [6.07, 6.45) is 11.2. The fourth-order valence-corrected chi connectivity index (χ4v) is 2.92. The Labute approximate surface area is 138 Å². The van der Waals surface area contributed by atoms with Crippen molar-refractivity contribution in [2.75, 3.05) is 7.05 Å². The minimum absolute atomic E-state index is 0.640. The van der Waals surface area contributed by atoms with Gasteiger partial charge in [-0.2, -0.15) is 0 Å². The fraction of sp³-hybridized carbons (Fsp3) is 0.235. The van der Waals surface area contributed by atoms with Crippen molar-refractivity contribution in [1.82, 2.24) is 0 Å². The number of rotatable bonds is 3. The van der Waals surface area contributed by atoms with Crippen LogP contribution < -0.4 is 5.73 Å². The molecule has 0 saturated heterocycles. The third-order valence-electron chi connectivity index (χ3n) is 3.04. The van der Waals surface area contributed by atoms with Crippen LogP contribution in [-0.4, -0.2) is 38.8 Å². The van der Waals surface area contributed by atoms with Gasteiger partial charge >= 0.3 is 126 Å². The monoisotopic (exact) mass is 458 g/mol. The minimum atomic E-state index is 0.640. The first-order chi connectivity index (χ1) is 9.81. The molecule has 0 saturated carbocycles. The summed E-state index contributed by atoms with van der Waals surface area (Å²) in [5.41, 5.74) is 9.54. The van der Waals surface area contributed by atoms with E-state index < -0.39 is 0 Å². The average Bonchev–Trinajstić information content (AvgIpc) is 2.52. The Morgan fingerprint density at radius 2 is 1.80 bits per heavy atom. The van der Waals surface area contributed by atoms with E-state index in [1.165, 1.54) is 23.8 Å². The van der Waals surface area contributed by atoms with Gasteiger partial charge in [0.2, 0.25) is 0 Å². The van der Waals surface area contributed by atoms with Crippen molar-refractivity contribution in [1.29, 1.82) is 0 Å². The first kappa shape index (κ1) is 17.0. The van der Waals surface area contributed by atoms with Gasteiger partial charge in [0.25, 0.3) is 0 Å². The van der Waals surface area contributed by atoms with Gasteiger partial charge < -0.3 is 5.73 Å². The van der Waals surface area contributed by atoms with E-state index in [1.54, 1.807) is 0 Å². The molecule has 1 aromatic carbocycles. The van der Waals surface area contributed by atoms with E-state index in [1.807, 2.05) is 6.07 Å². The van der Waals surface area contributed by atoms with Crippen molar-refractivity contribution in [2.24, 2.45) is 8.54 Å².